The van der Waals surface area contributed by atoms with Gasteiger partial charge in [-0.2, -0.15) is 0 Å². The van der Waals surface area contributed by atoms with Gasteiger partial charge in [0.15, 0.2) is 0 Å². The van der Waals surface area contributed by atoms with Crippen molar-refractivity contribution >= 4 is 18.3 Å². The maximum atomic E-state index is 13.7. The van der Waals surface area contributed by atoms with Crippen LogP contribution in [-0.2, 0) is 15.7 Å². The van der Waals surface area contributed by atoms with Crippen molar-refractivity contribution in [1.82, 2.24) is 0 Å². The molecule has 108 valence electrons. The van der Waals surface area contributed by atoms with E-state index in [0.29, 0.717) is 17.4 Å². The molecule has 0 unspecified atom stereocenters. The predicted molar refractivity (Wildman–Crippen MR) is 76.9 cm³/mol. The SMILES string of the molecule is CCc1c(N=O)cc(F)cc1B1OC(C)(C)C(C)(C)O1. The maximum absolute atomic E-state index is 13.7. The molecule has 1 aliphatic heterocycles. The molecule has 1 saturated heterocycles. The average molecular weight is 279 g/mol. The molecule has 4 nitrogen and oxygen atoms in total. The van der Waals surface area contributed by atoms with Crippen molar-refractivity contribution in [2.75, 3.05) is 0 Å². The van der Waals surface area contributed by atoms with Crippen LogP contribution in [0.4, 0.5) is 10.1 Å². The van der Waals surface area contributed by atoms with Crippen LogP contribution in [0.1, 0.15) is 40.2 Å². The van der Waals surface area contributed by atoms with E-state index < -0.39 is 24.1 Å². The number of hydrogen-bond donors (Lipinski definition) is 0. The molecule has 0 radical (unpaired) electrons. The Morgan fingerprint density at radius 2 is 1.75 bits per heavy atom. The number of benzene rings is 1. The second-order valence-electron chi connectivity index (χ2n) is 6.03. The molecule has 1 heterocycles. The Labute approximate surface area is 118 Å². The normalized spacial score (nSPS) is 20.2. The number of nitroso groups, excluding NO2 is 1. The predicted octanol–water partition coefficient (Wildman–Crippen LogP) is 3.09. The Kier molecular flexibility index (Phi) is 3.73. The van der Waals surface area contributed by atoms with Crippen LogP contribution in [0.15, 0.2) is 17.3 Å². The summed E-state index contributed by atoms with van der Waals surface area (Å²) in [6.07, 6.45) is 0.556. The number of rotatable bonds is 3. The molecule has 2 rings (SSSR count). The molecule has 1 fully saturated rings. The molecule has 0 aromatic heterocycles. The summed E-state index contributed by atoms with van der Waals surface area (Å²) in [6, 6.07) is 2.50. The fourth-order valence-corrected chi connectivity index (χ4v) is 2.29. The van der Waals surface area contributed by atoms with E-state index in [1.54, 1.807) is 0 Å². The van der Waals surface area contributed by atoms with Crippen LogP contribution in [0.5, 0.6) is 0 Å². The van der Waals surface area contributed by atoms with Crippen molar-refractivity contribution in [3.8, 4) is 0 Å². The van der Waals surface area contributed by atoms with Gasteiger partial charge < -0.3 is 9.31 Å². The minimum absolute atomic E-state index is 0.109. The van der Waals surface area contributed by atoms with E-state index in [9.17, 15) is 9.30 Å². The molecule has 0 amide bonds. The highest BCUT2D eigenvalue weighted by Gasteiger charge is 2.52. The van der Waals surface area contributed by atoms with Gasteiger partial charge in [0, 0.05) is 6.07 Å². The van der Waals surface area contributed by atoms with Gasteiger partial charge in [0.2, 0.25) is 0 Å². The highest BCUT2D eigenvalue weighted by atomic mass is 19.1. The third-order valence-corrected chi connectivity index (χ3v) is 4.18. The highest BCUT2D eigenvalue weighted by molar-refractivity contribution is 6.62. The maximum Gasteiger partial charge on any atom is 0.495 e. The van der Waals surface area contributed by atoms with E-state index in [1.165, 1.54) is 6.07 Å². The molecule has 0 spiro atoms. The zero-order valence-corrected chi connectivity index (χ0v) is 12.5. The van der Waals surface area contributed by atoms with Crippen LogP contribution in [0.2, 0.25) is 0 Å². The van der Waals surface area contributed by atoms with Crippen LogP contribution in [0, 0.1) is 10.7 Å². The summed E-state index contributed by atoms with van der Waals surface area (Å²) < 4.78 is 25.5. The van der Waals surface area contributed by atoms with E-state index in [2.05, 4.69) is 5.18 Å². The smallest absolute Gasteiger partial charge is 0.399 e. The molecule has 0 atom stereocenters. The summed E-state index contributed by atoms with van der Waals surface area (Å²) >= 11 is 0. The van der Waals surface area contributed by atoms with Crippen molar-refractivity contribution in [2.24, 2.45) is 5.18 Å². The average Bonchev–Trinajstić information content (AvgIpc) is 2.57. The van der Waals surface area contributed by atoms with E-state index in [4.69, 9.17) is 9.31 Å². The van der Waals surface area contributed by atoms with Crippen molar-refractivity contribution < 1.29 is 13.7 Å². The van der Waals surface area contributed by atoms with E-state index in [0.717, 1.165) is 6.07 Å². The van der Waals surface area contributed by atoms with Gasteiger partial charge in [-0.3, -0.25) is 0 Å². The fraction of sp³-hybridized carbons (Fsp3) is 0.571. The van der Waals surface area contributed by atoms with Gasteiger partial charge in [-0.1, -0.05) is 6.92 Å². The minimum Gasteiger partial charge on any atom is -0.399 e. The van der Waals surface area contributed by atoms with E-state index in [1.807, 2.05) is 34.6 Å². The third-order valence-electron chi connectivity index (χ3n) is 4.18. The lowest BCUT2D eigenvalue weighted by Crippen LogP contribution is -2.41. The standard InChI is InChI=1S/C14H19BFNO3/c1-6-10-11(7-9(16)8-12(10)17-18)15-19-13(2,3)14(4,5)20-15/h7-8H,6H2,1-5H3. The zero-order valence-electron chi connectivity index (χ0n) is 12.5. The van der Waals surface area contributed by atoms with Crippen molar-refractivity contribution in [2.45, 2.75) is 52.2 Å². The molecule has 0 saturated carbocycles. The first-order valence-corrected chi connectivity index (χ1v) is 6.73. The quantitative estimate of drug-likeness (QED) is 0.631. The van der Waals surface area contributed by atoms with Crippen LogP contribution in [0.3, 0.4) is 0 Å². The summed E-state index contributed by atoms with van der Waals surface area (Å²) in [4.78, 5) is 10.9. The molecule has 0 bridgehead atoms. The fourth-order valence-electron chi connectivity index (χ4n) is 2.29. The molecule has 6 heteroatoms. The van der Waals surface area contributed by atoms with E-state index in [-0.39, 0.29) is 5.69 Å². The van der Waals surface area contributed by atoms with Crippen molar-refractivity contribution in [1.29, 1.82) is 0 Å². The molecule has 1 aliphatic rings. The van der Waals surface area contributed by atoms with Gasteiger partial charge in [0.25, 0.3) is 0 Å². The summed E-state index contributed by atoms with van der Waals surface area (Å²) in [5.41, 5.74) is 0.297. The molecule has 1 aromatic carbocycles. The van der Waals surface area contributed by atoms with Gasteiger partial charge in [0.1, 0.15) is 11.5 Å². The van der Waals surface area contributed by atoms with Gasteiger partial charge in [0.05, 0.1) is 11.2 Å². The van der Waals surface area contributed by atoms with Crippen molar-refractivity contribution in [3.05, 3.63) is 28.4 Å². The Morgan fingerprint density at radius 3 is 2.20 bits per heavy atom. The summed E-state index contributed by atoms with van der Waals surface area (Å²) in [5, 5.41) is 2.91. The lowest BCUT2D eigenvalue weighted by atomic mass is 9.74. The first-order chi connectivity index (χ1) is 9.21. The van der Waals surface area contributed by atoms with Crippen molar-refractivity contribution in [3.63, 3.8) is 0 Å². The Bertz CT molecular complexity index is 529. The minimum atomic E-state index is -0.689. The molecule has 20 heavy (non-hydrogen) atoms. The Morgan fingerprint density at radius 1 is 1.20 bits per heavy atom. The van der Waals surface area contributed by atoms with Gasteiger partial charge in [-0.25, -0.2) is 4.39 Å². The van der Waals surface area contributed by atoms with Crippen LogP contribution in [0.25, 0.3) is 0 Å². The number of halogens is 1. The molecular weight excluding hydrogens is 260 g/mol. The monoisotopic (exact) mass is 279 g/mol. The number of hydrogen-bond acceptors (Lipinski definition) is 4. The van der Waals surface area contributed by atoms with E-state index >= 15 is 0 Å². The molecule has 0 aliphatic carbocycles. The molecule has 0 N–H and O–H groups in total. The van der Waals surface area contributed by atoms with Gasteiger partial charge in [-0.15, -0.1) is 4.91 Å². The van der Waals surface area contributed by atoms with Crippen LogP contribution >= 0.6 is 0 Å². The lowest BCUT2D eigenvalue weighted by Gasteiger charge is -2.32. The summed E-state index contributed by atoms with van der Waals surface area (Å²) in [6.45, 7) is 9.60. The second-order valence-corrected chi connectivity index (χ2v) is 6.03. The Balaban J connectivity index is 2.49. The van der Waals surface area contributed by atoms with Gasteiger partial charge >= 0.3 is 7.12 Å². The van der Waals surface area contributed by atoms with Crippen LogP contribution < -0.4 is 5.46 Å². The molecular formula is C14H19BFNO3. The lowest BCUT2D eigenvalue weighted by molar-refractivity contribution is 0.00578. The summed E-state index contributed by atoms with van der Waals surface area (Å²) in [7, 11) is -0.689. The highest BCUT2D eigenvalue weighted by Crippen LogP contribution is 2.37. The first kappa shape index (κ1) is 15.1. The first-order valence-electron chi connectivity index (χ1n) is 6.73. The largest absolute Gasteiger partial charge is 0.495 e. The second kappa shape index (κ2) is 4.93. The molecule has 1 aromatic rings. The summed E-state index contributed by atoms with van der Waals surface area (Å²) in [5.74, 6) is -0.512. The van der Waals surface area contributed by atoms with Crippen LogP contribution in [-0.4, -0.2) is 18.3 Å². The Hall–Kier alpha value is -1.27. The number of nitrogens with zero attached hydrogens (tertiary/aromatic N) is 1. The third kappa shape index (κ3) is 2.38. The topological polar surface area (TPSA) is 47.9 Å². The van der Waals surface area contributed by atoms with Gasteiger partial charge in [-0.05, 0) is 56.4 Å². The zero-order chi connectivity index (χ0) is 15.1.